The van der Waals surface area contributed by atoms with Gasteiger partial charge in [-0.25, -0.2) is 0 Å². The Morgan fingerprint density at radius 3 is 1.95 bits per heavy atom. The number of hydrogen-bond donors (Lipinski definition) is 0. The van der Waals surface area contributed by atoms with Crippen LogP contribution in [0.1, 0.15) is 63.8 Å². The van der Waals surface area contributed by atoms with Gasteiger partial charge in [0, 0.05) is 51.9 Å². The number of nitrogens with zero attached hydrogens (tertiary/aromatic N) is 2. The summed E-state index contributed by atoms with van der Waals surface area (Å²) in [6.07, 6.45) is 0.873. The monoisotopic (exact) mass is 832 g/mol. The van der Waals surface area contributed by atoms with Crippen molar-refractivity contribution in [3.63, 3.8) is 0 Å². The summed E-state index contributed by atoms with van der Waals surface area (Å²) >= 11 is 3.94. The Labute approximate surface area is 370 Å². The molecule has 7 heteroatoms. The van der Waals surface area contributed by atoms with Gasteiger partial charge in [0.1, 0.15) is 11.5 Å². The lowest BCUT2D eigenvalue weighted by Crippen LogP contribution is -2.63. The molecule has 0 N–H and O–H groups in total. The van der Waals surface area contributed by atoms with E-state index in [0.29, 0.717) is 0 Å². The van der Waals surface area contributed by atoms with Crippen LogP contribution in [0.5, 0.6) is 11.5 Å². The fraction of sp³-hybridized carbons (Fsp3) is 0.164. The molecular formula is C55H42B2N2OS2. The number of ether oxygens (including phenoxy) is 1. The van der Waals surface area contributed by atoms with Crippen LogP contribution in [0.2, 0.25) is 0 Å². The second-order valence-electron chi connectivity index (χ2n) is 20.0. The van der Waals surface area contributed by atoms with Crippen LogP contribution in [-0.2, 0) is 17.3 Å². The van der Waals surface area contributed by atoms with Crippen molar-refractivity contribution in [3.05, 3.63) is 156 Å². The summed E-state index contributed by atoms with van der Waals surface area (Å²) in [6.45, 7) is 14.0. The van der Waals surface area contributed by atoms with E-state index in [1.54, 1.807) is 0 Å². The minimum atomic E-state index is 0.0424. The smallest absolute Gasteiger partial charge is 0.268 e. The molecule has 0 spiro atoms. The maximum absolute atomic E-state index is 7.18. The third kappa shape index (κ3) is 4.58. The molecular weight excluding hydrogens is 790 g/mol. The summed E-state index contributed by atoms with van der Waals surface area (Å²) < 4.78 is 15.3. The molecule has 10 aromatic rings. The van der Waals surface area contributed by atoms with E-state index >= 15 is 0 Å². The molecule has 3 aromatic heterocycles. The van der Waals surface area contributed by atoms with Crippen molar-refractivity contribution >= 4 is 127 Å². The number of hydrogen-bond acceptors (Lipinski definition) is 4. The Hall–Kier alpha value is -6.01. The number of rotatable bonds is 1. The van der Waals surface area contributed by atoms with E-state index in [1.807, 2.05) is 22.7 Å². The molecule has 0 bridgehead atoms. The lowest BCUT2D eigenvalue weighted by Gasteiger charge is -2.40. The highest BCUT2D eigenvalue weighted by atomic mass is 32.1. The number of aromatic nitrogens is 1. The Bertz CT molecular complexity index is 3630. The molecule has 62 heavy (non-hydrogen) atoms. The van der Waals surface area contributed by atoms with E-state index in [0.717, 1.165) is 17.9 Å². The molecule has 0 fully saturated rings. The molecule has 0 unspecified atom stereocenters. The lowest BCUT2D eigenvalue weighted by atomic mass is 9.32. The molecule has 7 heterocycles. The van der Waals surface area contributed by atoms with Crippen molar-refractivity contribution in [1.82, 2.24) is 4.57 Å². The third-order valence-corrected chi connectivity index (χ3v) is 16.9. The van der Waals surface area contributed by atoms with E-state index < -0.39 is 0 Å². The number of benzene rings is 7. The standard InChI is InChI=1S/C55H42B2N2OS2/c1-54(2,3)32-18-21-34(22-19-32)58-42-15-11-12-30-26-31-27-44-40(29-39(31)56(47(30)42)52-50(58)36-13-7-9-16-45(36)61-52)57-48-43(60-44)25-23-35-38-28-33(55(4,5)6)20-24-41(38)59(49(35)48)51-37-14-8-10-17-46(37)62-53(51)57/h7-25,27-29H,26H2,1-6H3. The van der Waals surface area contributed by atoms with Crippen LogP contribution in [0.15, 0.2) is 133 Å². The lowest BCUT2D eigenvalue weighted by molar-refractivity contribution is 0.487. The van der Waals surface area contributed by atoms with Crippen LogP contribution in [-0.4, -0.2) is 18.0 Å². The van der Waals surface area contributed by atoms with Gasteiger partial charge in [0.05, 0.1) is 22.4 Å². The first kappa shape index (κ1) is 35.6. The summed E-state index contributed by atoms with van der Waals surface area (Å²) in [6, 6.07) is 51.2. The van der Waals surface area contributed by atoms with Gasteiger partial charge in [-0.3, -0.25) is 0 Å². The fourth-order valence-corrected chi connectivity index (χ4v) is 14.1. The number of anilines is 3. The van der Waals surface area contributed by atoms with Crippen molar-refractivity contribution < 1.29 is 4.74 Å². The van der Waals surface area contributed by atoms with E-state index in [9.17, 15) is 0 Å². The average molecular weight is 833 g/mol. The molecule has 0 saturated carbocycles. The van der Waals surface area contributed by atoms with Crippen LogP contribution >= 0.6 is 22.7 Å². The molecule has 4 aliphatic rings. The second kappa shape index (κ2) is 11.9. The predicted molar refractivity (Wildman–Crippen MR) is 269 cm³/mol. The van der Waals surface area contributed by atoms with Gasteiger partial charge in [-0.1, -0.05) is 120 Å². The Balaban J connectivity index is 1.03. The minimum Gasteiger partial charge on any atom is -0.458 e. The van der Waals surface area contributed by atoms with Crippen molar-refractivity contribution in [3.8, 4) is 17.2 Å². The maximum atomic E-state index is 7.18. The first-order valence-electron chi connectivity index (χ1n) is 22.0. The summed E-state index contributed by atoms with van der Waals surface area (Å²) in [4.78, 5) is 2.57. The summed E-state index contributed by atoms with van der Waals surface area (Å²) in [5.41, 5.74) is 18.8. The zero-order valence-electron chi connectivity index (χ0n) is 35.7. The van der Waals surface area contributed by atoms with Crippen LogP contribution in [0.25, 0.3) is 47.7 Å². The van der Waals surface area contributed by atoms with Crippen molar-refractivity contribution in [2.75, 3.05) is 4.90 Å². The average Bonchev–Trinajstić information content (AvgIpc) is 3.94. The highest BCUT2D eigenvalue weighted by Crippen LogP contribution is 2.46. The van der Waals surface area contributed by atoms with Crippen LogP contribution < -0.4 is 41.0 Å². The van der Waals surface area contributed by atoms with E-state index in [4.69, 9.17) is 4.74 Å². The van der Waals surface area contributed by atoms with Gasteiger partial charge in [0.25, 0.3) is 13.4 Å². The maximum Gasteiger partial charge on any atom is 0.268 e. The van der Waals surface area contributed by atoms with Gasteiger partial charge in [-0.15, -0.1) is 22.7 Å². The van der Waals surface area contributed by atoms with Crippen molar-refractivity contribution in [2.45, 2.75) is 58.8 Å². The molecule has 0 radical (unpaired) electrons. The van der Waals surface area contributed by atoms with Crippen molar-refractivity contribution in [1.29, 1.82) is 0 Å². The predicted octanol–water partition coefficient (Wildman–Crippen LogP) is 10.9. The second-order valence-corrected chi connectivity index (χ2v) is 22.2. The van der Waals surface area contributed by atoms with Crippen LogP contribution in [0, 0.1) is 0 Å². The van der Waals surface area contributed by atoms with E-state index in [-0.39, 0.29) is 24.3 Å². The molecule has 3 nitrogen and oxygen atoms in total. The van der Waals surface area contributed by atoms with Gasteiger partial charge in [-0.2, -0.15) is 0 Å². The zero-order chi connectivity index (χ0) is 41.6. The Kier molecular flexibility index (Phi) is 6.84. The molecule has 296 valence electrons. The number of thiophene rings is 2. The SMILES string of the molecule is CC(C)(C)c1ccc(N2c3cccc4c3B(c3cc5c(cc3C4)Oc3ccc4c6cc(C(C)(C)C)ccc6n6c4c3B5c3sc4ccccc4c3-6)c3sc4ccccc4c32)cc1. The molecule has 14 rings (SSSR count). The molecule has 4 aliphatic heterocycles. The largest absolute Gasteiger partial charge is 0.458 e. The first-order valence-corrected chi connectivity index (χ1v) is 23.7. The summed E-state index contributed by atoms with van der Waals surface area (Å²) in [7, 11) is 0. The van der Waals surface area contributed by atoms with E-state index in [2.05, 4.69) is 184 Å². The zero-order valence-corrected chi connectivity index (χ0v) is 37.3. The number of fused-ring (bicyclic) bond motifs is 16. The van der Waals surface area contributed by atoms with Gasteiger partial charge < -0.3 is 14.2 Å². The fourth-order valence-electron chi connectivity index (χ4n) is 11.5. The Morgan fingerprint density at radius 1 is 0.532 bits per heavy atom. The molecule has 0 atom stereocenters. The van der Waals surface area contributed by atoms with Crippen LogP contribution in [0.4, 0.5) is 17.1 Å². The molecule has 0 amide bonds. The molecule has 0 saturated heterocycles. The topological polar surface area (TPSA) is 17.4 Å². The quantitative estimate of drug-likeness (QED) is 0.153. The minimum absolute atomic E-state index is 0.0424. The summed E-state index contributed by atoms with van der Waals surface area (Å²) in [5.74, 6) is 1.98. The normalized spacial score (nSPS) is 14.6. The van der Waals surface area contributed by atoms with Gasteiger partial charge in [0.2, 0.25) is 0 Å². The van der Waals surface area contributed by atoms with Crippen molar-refractivity contribution in [2.24, 2.45) is 0 Å². The first-order chi connectivity index (χ1) is 30.0. The van der Waals surface area contributed by atoms with Gasteiger partial charge in [-0.05, 0) is 117 Å². The summed E-state index contributed by atoms with van der Waals surface area (Å²) in [5, 5.41) is 5.26. The van der Waals surface area contributed by atoms with Gasteiger partial charge in [0.15, 0.2) is 0 Å². The highest BCUT2D eigenvalue weighted by Gasteiger charge is 2.47. The Morgan fingerprint density at radius 2 is 1.21 bits per heavy atom. The highest BCUT2D eigenvalue weighted by molar-refractivity contribution is 7.34. The third-order valence-electron chi connectivity index (χ3n) is 14.4. The van der Waals surface area contributed by atoms with Gasteiger partial charge >= 0.3 is 0 Å². The van der Waals surface area contributed by atoms with E-state index in [1.165, 1.54) is 118 Å². The molecule has 7 aromatic carbocycles. The van der Waals surface area contributed by atoms with Crippen LogP contribution in [0.3, 0.4) is 0 Å². The molecule has 0 aliphatic carbocycles.